The second kappa shape index (κ2) is 4.57. The second-order valence-electron chi connectivity index (χ2n) is 4.62. The number of rotatable bonds is 1. The van der Waals surface area contributed by atoms with Gasteiger partial charge in [-0.1, -0.05) is 23.7 Å². The molecular formula is C13H16ClN3. The molecule has 90 valence electrons. The molecule has 1 fully saturated rings. The maximum Gasteiger partial charge on any atom is 0.194 e. The Hall–Kier alpha value is -1.22. The van der Waals surface area contributed by atoms with E-state index in [1.165, 1.54) is 12.0 Å². The van der Waals surface area contributed by atoms with Gasteiger partial charge >= 0.3 is 0 Å². The molecule has 17 heavy (non-hydrogen) atoms. The lowest BCUT2D eigenvalue weighted by molar-refractivity contribution is 0.496. The van der Waals surface area contributed by atoms with E-state index in [9.17, 15) is 0 Å². The Morgan fingerprint density at radius 2 is 2.12 bits per heavy atom. The van der Waals surface area contributed by atoms with Crippen LogP contribution in [0.4, 0.5) is 0 Å². The van der Waals surface area contributed by atoms with Gasteiger partial charge in [-0.15, -0.1) is 0 Å². The van der Waals surface area contributed by atoms with Crippen LogP contribution in [0.5, 0.6) is 0 Å². The first kappa shape index (κ1) is 10.9. The van der Waals surface area contributed by atoms with Gasteiger partial charge in [0.15, 0.2) is 5.96 Å². The molecule has 1 aromatic rings. The van der Waals surface area contributed by atoms with Crippen molar-refractivity contribution in [2.45, 2.75) is 12.3 Å². The van der Waals surface area contributed by atoms with Crippen molar-refractivity contribution < 1.29 is 0 Å². The smallest absolute Gasteiger partial charge is 0.194 e. The van der Waals surface area contributed by atoms with E-state index in [-0.39, 0.29) is 0 Å². The minimum absolute atomic E-state index is 0.609. The maximum absolute atomic E-state index is 5.91. The van der Waals surface area contributed by atoms with Crippen LogP contribution in [-0.2, 0) is 0 Å². The summed E-state index contributed by atoms with van der Waals surface area (Å²) in [5.41, 5.74) is 1.38. The van der Waals surface area contributed by atoms with E-state index < -0.39 is 0 Å². The van der Waals surface area contributed by atoms with E-state index in [2.05, 4.69) is 27.3 Å². The molecule has 0 aliphatic carbocycles. The number of aliphatic imine (C=N–C) groups is 1. The van der Waals surface area contributed by atoms with E-state index in [1.54, 1.807) is 0 Å². The summed E-state index contributed by atoms with van der Waals surface area (Å²) in [6.07, 6.45) is 1.20. The molecule has 0 bridgehead atoms. The van der Waals surface area contributed by atoms with E-state index in [0.29, 0.717) is 5.92 Å². The molecule has 4 heteroatoms. The predicted molar refractivity (Wildman–Crippen MR) is 70.7 cm³/mol. The molecular weight excluding hydrogens is 234 g/mol. The van der Waals surface area contributed by atoms with Crippen LogP contribution in [0.3, 0.4) is 0 Å². The number of benzene rings is 1. The monoisotopic (exact) mass is 249 g/mol. The van der Waals surface area contributed by atoms with Gasteiger partial charge in [0.25, 0.3) is 0 Å². The Bertz CT molecular complexity index is 427. The van der Waals surface area contributed by atoms with Crippen LogP contribution in [0.25, 0.3) is 0 Å². The molecule has 3 nitrogen and oxygen atoms in total. The van der Waals surface area contributed by atoms with Crippen molar-refractivity contribution in [2.75, 3.05) is 26.2 Å². The lowest BCUT2D eigenvalue weighted by Gasteiger charge is -2.18. The first-order chi connectivity index (χ1) is 8.33. The fraction of sp³-hybridized carbons (Fsp3) is 0.462. The molecule has 1 unspecified atom stereocenters. The van der Waals surface area contributed by atoms with E-state index >= 15 is 0 Å². The zero-order valence-electron chi connectivity index (χ0n) is 9.69. The van der Waals surface area contributed by atoms with Crippen molar-refractivity contribution in [1.82, 2.24) is 10.2 Å². The van der Waals surface area contributed by atoms with Gasteiger partial charge in [-0.05, 0) is 24.1 Å². The van der Waals surface area contributed by atoms with Crippen LogP contribution >= 0.6 is 11.6 Å². The average molecular weight is 250 g/mol. The minimum atomic E-state index is 0.609. The van der Waals surface area contributed by atoms with Crippen molar-refractivity contribution in [3.05, 3.63) is 34.9 Å². The zero-order chi connectivity index (χ0) is 11.7. The van der Waals surface area contributed by atoms with Crippen molar-refractivity contribution in [2.24, 2.45) is 4.99 Å². The van der Waals surface area contributed by atoms with Gasteiger partial charge in [0.1, 0.15) is 0 Å². The molecule has 1 atom stereocenters. The molecule has 0 spiro atoms. The SMILES string of the molecule is Clc1ccc(C2CCN(C3=NCCN3)C2)cc1. The number of guanidine groups is 1. The normalized spacial score (nSPS) is 23.7. The Morgan fingerprint density at radius 1 is 1.29 bits per heavy atom. The molecule has 0 aromatic heterocycles. The molecule has 1 aromatic carbocycles. The topological polar surface area (TPSA) is 27.6 Å². The highest BCUT2D eigenvalue weighted by Crippen LogP contribution is 2.28. The summed E-state index contributed by atoms with van der Waals surface area (Å²) in [5.74, 6) is 1.69. The summed E-state index contributed by atoms with van der Waals surface area (Å²) in [5, 5.41) is 4.15. The minimum Gasteiger partial charge on any atom is -0.354 e. The third-order valence-electron chi connectivity index (χ3n) is 3.49. The van der Waals surface area contributed by atoms with Crippen molar-refractivity contribution in [1.29, 1.82) is 0 Å². The molecule has 2 heterocycles. The number of likely N-dealkylation sites (tertiary alicyclic amines) is 1. The number of halogens is 1. The van der Waals surface area contributed by atoms with Gasteiger partial charge in [0, 0.05) is 30.6 Å². The summed E-state index contributed by atoms with van der Waals surface area (Å²) in [7, 11) is 0. The van der Waals surface area contributed by atoms with Crippen LogP contribution in [0.15, 0.2) is 29.3 Å². The summed E-state index contributed by atoms with van der Waals surface area (Å²) >= 11 is 5.91. The molecule has 0 radical (unpaired) electrons. The summed E-state index contributed by atoms with van der Waals surface area (Å²) in [6, 6.07) is 8.23. The Labute approximate surface area is 106 Å². The number of nitrogens with zero attached hydrogens (tertiary/aromatic N) is 2. The van der Waals surface area contributed by atoms with Gasteiger partial charge in [-0.2, -0.15) is 0 Å². The standard InChI is InChI=1S/C13H16ClN3/c14-12-3-1-10(2-4-12)11-5-8-17(9-11)13-15-6-7-16-13/h1-4,11H,5-9H2,(H,15,16). The van der Waals surface area contributed by atoms with Crippen LogP contribution < -0.4 is 5.32 Å². The second-order valence-corrected chi connectivity index (χ2v) is 5.05. The zero-order valence-corrected chi connectivity index (χ0v) is 10.5. The van der Waals surface area contributed by atoms with Gasteiger partial charge in [-0.25, -0.2) is 0 Å². The highest BCUT2D eigenvalue weighted by atomic mass is 35.5. The molecule has 3 rings (SSSR count). The molecule has 0 saturated carbocycles. The van der Waals surface area contributed by atoms with Crippen LogP contribution in [-0.4, -0.2) is 37.0 Å². The largest absolute Gasteiger partial charge is 0.354 e. The lowest BCUT2D eigenvalue weighted by Crippen LogP contribution is -2.36. The Balaban J connectivity index is 1.69. The van der Waals surface area contributed by atoms with Gasteiger partial charge in [0.05, 0.1) is 6.54 Å². The summed E-state index contributed by atoms with van der Waals surface area (Å²) in [4.78, 5) is 6.82. The highest BCUT2D eigenvalue weighted by molar-refractivity contribution is 6.30. The van der Waals surface area contributed by atoms with Crippen molar-refractivity contribution in [3.8, 4) is 0 Å². The molecule has 0 amide bonds. The quantitative estimate of drug-likeness (QED) is 0.825. The lowest BCUT2D eigenvalue weighted by atomic mass is 9.99. The maximum atomic E-state index is 5.91. The van der Waals surface area contributed by atoms with Gasteiger partial charge in [-0.3, -0.25) is 4.99 Å². The summed E-state index contributed by atoms with van der Waals surface area (Å²) < 4.78 is 0. The van der Waals surface area contributed by atoms with Crippen LogP contribution in [0, 0.1) is 0 Å². The van der Waals surface area contributed by atoms with E-state index in [4.69, 9.17) is 11.6 Å². The summed E-state index contributed by atoms with van der Waals surface area (Å²) in [6.45, 7) is 4.06. The molecule has 2 aliphatic rings. The first-order valence-corrected chi connectivity index (χ1v) is 6.49. The average Bonchev–Trinajstić information content (AvgIpc) is 3.00. The fourth-order valence-corrected chi connectivity index (χ4v) is 2.68. The Kier molecular flexibility index (Phi) is 2.93. The predicted octanol–water partition coefficient (Wildman–Crippen LogP) is 2.09. The van der Waals surface area contributed by atoms with Crippen LogP contribution in [0.2, 0.25) is 5.02 Å². The van der Waals surface area contributed by atoms with Crippen molar-refractivity contribution >= 4 is 17.6 Å². The molecule has 2 aliphatic heterocycles. The number of nitrogens with one attached hydrogen (secondary N) is 1. The number of hydrogen-bond acceptors (Lipinski definition) is 3. The number of hydrogen-bond donors (Lipinski definition) is 1. The van der Waals surface area contributed by atoms with E-state index in [1.807, 2.05) is 12.1 Å². The fourth-order valence-electron chi connectivity index (χ4n) is 2.56. The first-order valence-electron chi connectivity index (χ1n) is 6.11. The van der Waals surface area contributed by atoms with Gasteiger partial charge < -0.3 is 10.2 Å². The van der Waals surface area contributed by atoms with Crippen molar-refractivity contribution in [3.63, 3.8) is 0 Å². The van der Waals surface area contributed by atoms with E-state index in [0.717, 1.165) is 37.2 Å². The third kappa shape index (κ3) is 2.25. The molecule has 1 saturated heterocycles. The van der Waals surface area contributed by atoms with Crippen LogP contribution in [0.1, 0.15) is 17.9 Å². The molecule has 1 N–H and O–H groups in total. The highest BCUT2D eigenvalue weighted by Gasteiger charge is 2.26. The third-order valence-corrected chi connectivity index (χ3v) is 3.74. The Morgan fingerprint density at radius 3 is 2.82 bits per heavy atom. The van der Waals surface area contributed by atoms with Gasteiger partial charge in [0.2, 0.25) is 0 Å².